The molecule has 0 fully saturated rings. The number of ether oxygens (including phenoxy) is 5. The van der Waals surface area contributed by atoms with Crippen LogP contribution in [0.2, 0.25) is 0 Å². The molecule has 5 atom stereocenters. The van der Waals surface area contributed by atoms with Gasteiger partial charge in [0.15, 0.2) is 5.96 Å². The predicted molar refractivity (Wildman–Crippen MR) is 136 cm³/mol. The van der Waals surface area contributed by atoms with Crippen molar-refractivity contribution in [2.45, 2.75) is 50.7 Å². The van der Waals surface area contributed by atoms with Crippen LogP contribution in [0.25, 0.3) is 0 Å². The summed E-state index contributed by atoms with van der Waals surface area (Å²) in [5.74, 6) is -3.44. The lowest BCUT2D eigenvalue weighted by molar-refractivity contribution is -0.144. The molecule has 0 unspecified atom stereocenters. The highest BCUT2D eigenvalue weighted by atomic mass is 16.6. The zero-order valence-electron chi connectivity index (χ0n) is 22.2. The van der Waals surface area contributed by atoms with Gasteiger partial charge in [0, 0.05) is 26.5 Å². The van der Waals surface area contributed by atoms with Gasteiger partial charge in [0.25, 0.3) is 0 Å². The van der Waals surface area contributed by atoms with Gasteiger partial charge in [-0.1, -0.05) is 0 Å². The van der Waals surface area contributed by atoms with Crippen LogP contribution >= 0.6 is 0 Å². The van der Waals surface area contributed by atoms with Crippen LogP contribution < -0.4 is 22.1 Å². The molecule has 0 aliphatic carbocycles. The fourth-order valence-electron chi connectivity index (χ4n) is 3.42. The molecule has 1 rings (SSSR count). The highest BCUT2D eigenvalue weighted by Gasteiger charge is 2.43. The molecule has 0 radical (unpaired) electrons. The summed E-state index contributed by atoms with van der Waals surface area (Å²) < 4.78 is 26.5. The lowest BCUT2D eigenvalue weighted by atomic mass is 9.92. The summed E-state index contributed by atoms with van der Waals surface area (Å²) in [6, 6.07) is -2.22. The van der Waals surface area contributed by atoms with E-state index in [0.717, 1.165) is 6.08 Å². The molecule has 0 saturated carbocycles. The number of carbonyl (C=O) groups excluding carboxylic acids is 2. The van der Waals surface area contributed by atoms with Gasteiger partial charge in [-0.25, -0.2) is 9.79 Å². The zero-order chi connectivity index (χ0) is 29.2. The maximum atomic E-state index is 12.1. The maximum absolute atomic E-state index is 12.1. The van der Waals surface area contributed by atoms with Gasteiger partial charge < -0.3 is 61.1 Å². The van der Waals surface area contributed by atoms with Crippen molar-refractivity contribution in [1.29, 1.82) is 0 Å². The molecule has 224 valence electrons. The van der Waals surface area contributed by atoms with Gasteiger partial charge >= 0.3 is 5.97 Å². The molecule has 1 aliphatic rings. The van der Waals surface area contributed by atoms with Crippen LogP contribution in [0.5, 0.6) is 0 Å². The number of aliphatic imine (C=N–C) groups is 1. The molecule has 0 spiro atoms. The molecule has 0 aromatic carbocycles. The van der Waals surface area contributed by atoms with Gasteiger partial charge in [-0.2, -0.15) is 0 Å². The van der Waals surface area contributed by atoms with E-state index in [4.69, 9.17) is 35.2 Å². The van der Waals surface area contributed by atoms with Crippen molar-refractivity contribution in [2.75, 3.05) is 59.4 Å². The van der Waals surface area contributed by atoms with Crippen molar-refractivity contribution in [3.8, 4) is 0 Å². The minimum atomic E-state index is -1.74. The van der Waals surface area contributed by atoms with Crippen LogP contribution in [0.4, 0.5) is 0 Å². The molecule has 16 nitrogen and oxygen atoms in total. The van der Waals surface area contributed by atoms with E-state index in [1.54, 1.807) is 0 Å². The number of carboxylic acid groups (broad SMARTS) is 1. The van der Waals surface area contributed by atoms with Crippen LogP contribution in [0, 0.1) is 0 Å². The fraction of sp³-hybridized carbons (Fsp3) is 0.739. The number of hydrogen-bond acceptors (Lipinski definition) is 11. The molecular formula is C23H41N5O11. The number of carbonyl (C=O) groups is 3. The maximum Gasteiger partial charge on any atom is 0.370 e. The summed E-state index contributed by atoms with van der Waals surface area (Å²) in [6.07, 6.45) is -3.73. The normalized spacial score (nSPS) is 20.2. The molecule has 0 aromatic rings. The second-order valence-corrected chi connectivity index (χ2v) is 8.34. The summed E-state index contributed by atoms with van der Waals surface area (Å²) in [5.41, 5.74) is 10.8. The van der Waals surface area contributed by atoms with Crippen molar-refractivity contribution in [3.05, 3.63) is 11.8 Å². The van der Waals surface area contributed by atoms with E-state index < -0.39 is 66.4 Å². The first-order valence-electron chi connectivity index (χ1n) is 12.5. The van der Waals surface area contributed by atoms with E-state index in [9.17, 15) is 29.7 Å². The first kappa shape index (κ1) is 34.0. The molecule has 1 aliphatic heterocycles. The molecule has 1 heterocycles. The SMILES string of the molecule is CCOCCOCCOCCOCCC(=O)NC[C@@H](O)[C@@H](O)[C@@H]1OC(C(=O)O)=C[C@H](N=C(N)N)[C@H]1NC(C)=O. The third kappa shape index (κ3) is 14.1. The van der Waals surface area contributed by atoms with Gasteiger partial charge in [-0.05, 0) is 13.0 Å². The van der Waals surface area contributed by atoms with Crippen LogP contribution in [0.15, 0.2) is 16.8 Å². The summed E-state index contributed by atoms with van der Waals surface area (Å²) in [5, 5.41) is 35.5. The van der Waals surface area contributed by atoms with E-state index in [1.807, 2.05) is 6.92 Å². The van der Waals surface area contributed by atoms with Gasteiger partial charge in [-0.15, -0.1) is 0 Å². The lowest BCUT2D eigenvalue weighted by Gasteiger charge is -2.38. The van der Waals surface area contributed by atoms with Gasteiger partial charge in [0.05, 0.1) is 58.3 Å². The average molecular weight is 564 g/mol. The third-order valence-corrected chi connectivity index (χ3v) is 5.22. The van der Waals surface area contributed by atoms with Crippen LogP contribution in [-0.4, -0.2) is 129 Å². The Morgan fingerprint density at radius 3 is 2.10 bits per heavy atom. The van der Waals surface area contributed by atoms with Crippen molar-refractivity contribution in [3.63, 3.8) is 0 Å². The standard InChI is InChI=1S/C23H41N5O11/c1-3-35-6-7-37-10-11-38-9-8-36-5-4-18(31)26-13-16(30)20(32)21-19(27-14(2)29)15(28-23(24)25)12-17(39-21)22(33)34/h12,15-16,19-21,30,32H,3-11,13H2,1-2H3,(H,26,31)(H,27,29)(H,33,34)(H4,24,25,28)/t15-,16+,19+,20+,21+/m0/s1. The van der Waals surface area contributed by atoms with E-state index in [2.05, 4.69) is 15.6 Å². The third-order valence-electron chi connectivity index (χ3n) is 5.22. The Balaban J connectivity index is 2.45. The molecule has 39 heavy (non-hydrogen) atoms. The number of aliphatic hydroxyl groups is 2. The molecule has 9 N–H and O–H groups in total. The smallest absolute Gasteiger partial charge is 0.370 e. The molecule has 2 amide bonds. The van der Waals surface area contributed by atoms with Gasteiger partial charge in [0.1, 0.15) is 18.3 Å². The van der Waals surface area contributed by atoms with Gasteiger partial charge in [-0.3, -0.25) is 9.59 Å². The quantitative estimate of drug-likeness (QED) is 0.0439. The lowest BCUT2D eigenvalue weighted by Crippen LogP contribution is -2.60. The number of nitrogens with two attached hydrogens (primary N) is 2. The van der Waals surface area contributed by atoms with Crippen LogP contribution in [0.3, 0.4) is 0 Å². The Bertz CT molecular complexity index is 822. The summed E-state index contributed by atoms with van der Waals surface area (Å²) in [6.45, 7) is 5.91. The second-order valence-electron chi connectivity index (χ2n) is 8.34. The zero-order valence-corrected chi connectivity index (χ0v) is 22.2. The highest BCUT2D eigenvalue weighted by Crippen LogP contribution is 2.24. The van der Waals surface area contributed by atoms with Crippen LogP contribution in [0.1, 0.15) is 20.3 Å². The van der Waals surface area contributed by atoms with Crippen molar-refractivity contribution in [1.82, 2.24) is 10.6 Å². The summed E-state index contributed by atoms with van der Waals surface area (Å²) in [7, 11) is 0. The Kier molecular flexibility index (Phi) is 16.7. The monoisotopic (exact) mass is 563 g/mol. The molecule has 16 heteroatoms. The van der Waals surface area contributed by atoms with E-state index >= 15 is 0 Å². The van der Waals surface area contributed by atoms with E-state index in [1.165, 1.54) is 6.92 Å². The second kappa shape index (κ2) is 19.1. The number of hydrogen-bond donors (Lipinski definition) is 7. The minimum Gasteiger partial charge on any atom is -0.478 e. The van der Waals surface area contributed by atoms with E-state index in [-0.39, 0.29) is 19.6 Å². The number of nitrogens with one attached hydrogen (secondary N) is 2. The van der Waals surface area contributed by atoms with Crippen molar-refractivity contribution < 1.29 is 53.4 Å². The fourth-order valence-corrected chi connectivity index (χ4v) is 3.42. The first-order valence-corrected chi connectivity index (χ1v) is 12.5. The number of aliphatic hydroxyl groups excluding tert-OH is 2. The Morgan fingerprint density at radius 1 is 1.03 bits per heavy atom. The highest BCUT2D eigenvalue weighted by molar-refractivity contribution is 5.85. The number of amides is 2. The number of guanidine groups is 1. The van der Waals surface area contributed by atoms with Crippen molar-refractivity contribution >= 4 is 23.7 Å². The average Bonchev–Trinajstić information content (AvgIpc) is 2.87. The predicted octanol–water partition coefficient (Wildman–Crippen LogP) is -3.19. The number of nitrogens with zero attached hydrogens (tertiary/aromatic N) is 1. The Morgan fingerprint density at radius 2 is 1.59 bits per heavy atom. The molecular weight excluding hydrogens is 522 g/mol. The summed E-state index contributed by atoms with van der Waals surface area (Å²) >= 11 is 0. The van der Waals surface area contributed by atoms with E-state index in [0.29, 0.717) is 39.6 Å². The Hall–Kier alpha value is -3.02. The number of rotatable bonds is 20. The molecule has 0 bridgehead atoms. The van der Waals surface area contributed by atoms with Crippen LogP contribution in [-0.2, 0) is 38.1 Å². The molecule has 0 saturated heterocycles. The molecule has 0 aromatic heterocycles. The van der Waals surface area contributed by atoms with Crippen molar-refractivity contribution in [2.24, 2.45) is 16.5 Å². The topological polar surface area (TPSA) is 247 Å². The largest absolute Gasteiger partial charge is 0.478 e. The Labute approximate surface area is 226 Å². The summed E-state index contributed by atoms with van der Waals surface area (Å²) in [4.78, 5) is 39.2. The van der Waals surface area contributed by atoms with Gasteiger partial charge in [0.2, 0.25) is 17.6 Å². The number of carboxylic acids is 1. The minimum absolute atomic E-state index is 0.0176. The first-order chi connectivity index (χ1) is 18.6. The number of aliphatic carboxylic acids is 1.